The number of amides is 1. The van der Waals surface area contributed by atoms with Gasteiger partial charge in [0.05, 0.1) is 18.1 Å². The maximum Gasteiger partial charge on any atom is 0.352 e. The average molecular weight is 348 g/mol. The maximum atomic E-state index is 12.3. The predicted molar refractivity (Wildman–Crippen MR) is 91.2 cm³/mol. The van der Waals surface area contributed by atoms with Crippen LogP contribution in [0.5, 0.6) is 0 Å². The number of aliphatic hydroxyl groups is 1. The first-order chi connectivity index (χ1) is 11.3. The summed E-state index contributed by atoms with van der Waals surface area (Å²) in [6.45, 7) is 3.50. The zero-order chi connectivity index (χ0) is 17.6. The van der Waals surface area contributed by atoms with Crippen molar-refractivity contribution in [3.8, 4) is 0 Å². The highest BCUT2D eigenvalue weighted by Gasteiger charge is 2.59. The molecule has 0 aromatic heterocycles. The number of nitrogens with zero attached hydrogens (tertiary/aromatic N) is 1. The van der Waals surface area contributed by atoms with E-state index in [0.29, 0.717) is 11.4 Å². The van der Waals surface area contributed by atoms with E-state index in [4.69, 9.17) is 5.73 Å². The molecule has 1 aromatic carbocycles. The molecule has 0 saturated carbocycles. The van der Waals surface area contributed by atoms with E-state index in [9.17, 15) is 19.8 Å². The summed E-state index contributed by atoms with van der Waals surface area (Å²) in [5, 5.41) is 19.4. The van der Waals surface area contributed by atoms with Crippen LogP contribution in [0.4, 0.5) is 5.69 Å². The molecule has 2 heterocycles. The smallest absolute Gasteiger partial charge is 0.352 e. The van der Waals surface area contributed by atoms with Gasteiger partial charge in [-0.1, -0.05) is 6.92 Å². The van der Waals surface area contributed by atoms with Gasteiger partial charge in [-0.15, -0.1) is 11.8 Å². The number of hydrogen-bond donors (Lipinski definition) is 3. The fraction of sp³-hybridized carbons (Fsp3) is 0.412. The van der Waals surface area contributed by atoms with Crippen molar-refractivity contribution in [2.75, 3.05) is 11.5 Å². The number of carboxylic acids is 1. The van der Waals surface area contributed by atoms with Gasteiger partial charge in [-0.3, -0.25) is 4.79 Å². The second-order valence-corrected chi connectivity index (χ2v) is 7.34. The minimum Gasteiger partial charge on any atom is -0.477 e. The van der Waals surface area contributed by atoms with Crippen molar-refractivity contribution < 1.29 is 19.8 Å². The molecule has 1 saturated heterocycles. The van der Waals surface area contributed by atoms with Gasteiger partial charge in [0.1, 0.15) is 5.70 Å². The average Bonchev–Trinajstić information content (AvgIpc) is 2.76. The third-order valence-electron chi connectivity index (χ3n) is 4.79. The molecule has 0 spiro atoms. The minimum atomic E-state index is -1.09. The van der Waals surface area contributed by atoms with Crippen molar-refractivity contribution in [1.29, 1.82) is 0 Å². The first-order valence-electron chi connectivity index (χ1n) is 7.78. The van der Waals surface area contributed by atoms with Crippen molar-refractivity contribution in [2.24, 2.45) is 11.8 Å². The zero-order valence-corrected chi connectivity index (χ0v) is 14.3. The third kappa shape index (κ3) is 2.57. The number of carbonyl (C=O) groups is 2. The molecule has 0 radical (unpaired) electrons. The summed E-state index contributed by atoms with van der Waals surface area (Å²) in [5.41, 5.74) is 7.17. The Kier molecular flexibility index (Phi) is 4.31. The standard InChI is InChI=1S/C17H20N2O4S/c1-8-12(7-24-11-5-3-10(18)4-6-11)15(17(22)23)19-14(8)13(9(2)20)16(19)21/h3-6,8-9,13-14,20H,7,18H2,1-2H3,(H,22,23)/t8-,9+,13+,14+/m0/s1. The number of β-lactam (4-membered cyclic amide) rings is 1. The SMILES string of the molecule is C[C@@H](O)[C@H]1C(=O)N2C(C(=O)O)=C(CSc3ccc(N)cc3)[C@H](C)[C@H]12. The van der Waals surface area contributed by atoms with E-state index < -0.39 is 18.0 Å². The van der Waals surface area contributed by atoms with E-state index in [1.165, 1.54) is 16.7 Å². The number of carboxylic acid groups (broad SMARTS) is 1. The van der Waals surface area contributed by atoms with Gasteiger partial charge < -0.3 is 20.8 Å². The van der Waals surface area contributed by atoms with E-state index in [2.05, 4.69) is 0 Å². The number of carbonyl (C=O) groups excluding carboxylic acids is 1. The molecular formula is C17H20N2O4S. The molecule has 0 aliphatic carbocycles. The van der Waals surface area contributed by atoms with Gasteiger partial charge in [-0.25, -0.2) is 4.79 Å². The molecule has 1 aromatic rings. The summed E-state index contributed by atoms with van der Waals surface area (Å²) in [6.07, 6.45) is -0.777. The second kappa shape index (κ2) is 6.14. The van der Waals surface area contributed by atoms with Crippen LogP contribution in [0, 0.1) is 11.8 Å². The normalized spacial score (nSPS) is 27.0. The van der Waals surface area contributed by atoms with Crippen LogP contribution in [-0.2, 0) is 9.59 Å². The lowest BCUT2D eigenvalue weighted by Gasteiger charge is -2.46. The Hall–Kier alpha value is -1.99. The Bertz CT molecular complexity index is 714. The number of aliphatic hydroxyl groups excluding tert-OH is 1. The first kappa shape index (κ1) is 16.9. The molecule has 0 unspecified atom stereocenters. The molecule has 128 valence electrons. The van der Waals surface area contributed by atoms with Crippen molar-refractivity contribution in [3.05, 3.63) is 35.5 Å². The molecule has 2 aliphatic rings. The van der Waals surface area contributed by atoms with Crippen molar-refractivity contribution in [3.63, 3.8) is 0 Å². The number of aliphatic carboxylic acids is 1. The molecule has 24 heavy (non-hydrogen) atoms. The van der Waals surface area contributed by atoms with Gasteiger partial charge in [-0.05, 0) is 36.8 Å². The number of rotatable bonds is 5. The van der Waals surface area contributed by atoms with E-state index >= 15 is 0 Å². The van der Waals surface area contributed by atoms with Crippen LogP contribution in [0.15, 0.2) is 40.4 Å². The number of fused-ring (bicyclic) bond motifs is 1. The maximum absolute atomic E-state index is 12.3. The van der Waals surface area contributed by atoms with Gasteiger partial charge in [0, 0.05) is 22.3 Å². The Balaban J connectivity index is 1.84. The van der Waals surface area contributed by atoms with Gasteiger partial charge in [0.25, 0.3) is 0 Å². The van der Waals surface area contributed by atoms with Crippen molar-refractivity contribution >= 4 is 29.3 Å². The molecule has 2 aliphatic heterocycles. The summed E-state index contributed by atoms with van der Waals surface area (Å²) < 4.78 is 0. The predicted octanol–water partition coefficient (Wildman–Crippen LogP) is 1.56. The van der Waals surface area contributed by atoms with Crippen LogP contribution < -0.4 is 5.73 Å². The molecule has 0 bridgehead atoms. The topological polar surface area (TPSA) is 104 Å². The van der Waals surface area contributed by atoms with Gasteiger partial charge >= 0.3 is 5.97 Å². The number of benzene rings is 1. The van der Waals surface area contributed by atoms with E-state index in [0.717, 1.165) is 10.5 Å². The summed E-state index contributed by atoms with van der Waals surface area (Å²) in [6, 6.07) is 7.12. The van der Waals surface area contributed by atoms with Crippen LogP contribution in [0.3, 0.4) is 0 Å². The highest BCUT2D eigenvalue weighted by Crippen LogP contribution is 2.48. The van der Waals surface area contributed by atoms with Crippen LogP contribution in [0.2, 0.25) is 0 Å². The minimum absolute atomic E-state index is 0.0809. The molecule has 4 N–H and O–H groups in total. The van der Waals surface area contributed by atoms with Gasteiger partial charge in [-0.2, -0.15) is 0 Å². The molecule has 6 nitrogen and oxygen atoms in total. The van der Waals surface area contributed by atoms with Gasteiger partial charge in [0.2, 0.25) is 5.91 Å². The van der Waals surface area contributed by atoms with Crippen LogP contribution in [-0.4, -0.2) is 44.9 Å². The Morgan fingerprint density at radius 3 is 2.54 bits per heavy atom. The molecular weight excluding hydrogens is 328 g/mol. The van der Waals surface area contributed by atoms with Crippen LogP contribution >= 0.6 is 11.8 Å². The van der Waals surface area contributed by atoms with Crippen LogP contribution in [0.25, 0.3) is 0 Å². The third-order valence-corrected chi connectivity index (χ3v) is 5.85. The lowest BCUT2D eigenvalue weighted by atomic mass is 9.78. The number of nitrogens with two attached hydrogens (primary N) is 1. The quantitative estimate of drug-likeness (QED) is 0.424. The fourth-order valence-electron chi connectivity index (χ4n) is 3.56. The second-order valence-electron chi connectivity index (χ2n) is 6.29. The summed E-state index contributed by atoms with van der Waals surface area (Å²) in [4.78, 5) is 26.3. The number of nitrogen functional groups attached to an aromatic ring is 1. The molecule has 1 fully saturated rings. The molecule has 1 amide bonds. The number of thioether (sulfide) groups is 1. The molecule has 4 atom stereocenters. The van der Waals surface area contributed by atoms with Gasteiger partial charge in [0.15, 0.2) is 0 Å². The fourth-order valence-corrected chi connectivity index (χ4v) is 4.61. The Morgan fingerprint density at radius 2 is 2.00 bits per heavy atom. The summed E-state index contributed by atoms with van der Waals surface area (Å²) >= 11 is 1.52. The highest BCUT2D eigenvalue weighted by atomic mass is 32.2. The van der Waals surface area contributed by atoms with E-state index in [-0.39, 0.29) is 23.6 Å². The lowest BCUT2D eigenvalue weighted by Crippen LogP contribution is -2.63. The van der Waals surface area contributed by atoms with Crippen LogP contribution in [0.1, 0.15) is 13.8 Å². The Labute approximate surface area is 144 Å². The first-order valence-corrected chi connectivity index (χ1v) is 8.77. The number of anilines is 1. The van der Waals surface area contributed by atoms with Crippen molar-refractivity contribution in [2.45, 2.75) is 30.9 Å². The van der Waals surface area contributed by atoms with E-state index in [1.54, 1.807) is 19.1 Å². The number of hydrogen-bond acceptors (Lipinski definition) is 5. The Morgan fingerprint density at radius 1 is 1.38 bits per heavy atom. The van der Waals surface area contributed by atoms with Crippen molar-refractivity contribution in [1.82, 2.24) is 4.90 Å². The lowest BCUT2D eigenvalue weighted by molar-refractivity contribution is -0.163. The highest BCUT2D eigenvalue weighted by molar-refractivity contribution is 7.99. The summed E-state index contributed by atoms with van der Waals surface area (Å²) in [5.74, 6) is -1.51. The summed E-state index contributed by atoms with van der Waals surface area (Å²) in [7, 11) is 0. The monoisotopic (exact) mass is 348 g/mol. The largest absolute Gasteiger partial charge is 0.477 e. The molecule has 3 rings (SSSR count). The van der Waals surface area contributed by atoms with E-state index in [1.807, 2.05) is 19.1 Å². The zero-order valence-electron chi connectivity index (χ0n) is 13.5. The molecule has 7 heteroatoms.